The van der Waals surface area contributed by atoms with Gasteiger partial charge in [0.1, 0.15) is 5.75 Å². The number of hydrogen-bond acceptors (Lipinski definition) is 5. The first-order valence-electron chi connectivity index (χ1n) is 8.89. The lowest BCUT2D eigenvalue weighted by molar-refractivity contribution is -0.117. The Balaban J connectivity index is 0.00000196. The van der Waals surface area contributed by atoms with Crippen molar-refractivity contribution in [2.45, 2.75) is 44.2 Å². The minimum absolute atomic E-state index is 0. The van der Waals surface area contributed by atoms with E-state index in [4.69, 9.17) is 4.74 Å². The van der Waals surface area contributed by atoms with E-state index in [1.54, 1.807) is 24.7 Å². The molecule has 138 valence electrons. The van der Waals surface area contributed by atoms with Gasteiger partial charge in [0.25, 0.3) is 0 Å². The highest BCUT2D eigenvalue weighted by atomic mass is 35.5. The summed E-state index contributed by atoms with van der Waals surface area (Å²) in [6.07, 6.45) is 10.6. The Hall–Kier alpha value is -2.18. The van der Waals surface area contributed by atoms with Crippen LogP contribution < -0.4 is 15.4 Å². The van der Waals surface area contributed by atoms with Crippen LogP contribution in [0.1, 0.15) is 32.1 Å². The summed E-state index contributed by atoms with van der Waals surface area (Å²) in [5, 5.41) is 6.51. The van der Waals surface area contributed by atoms with Crippen LogP contribution in [0.2, 0.25) is 0 Å². The van der Waals surface area contributed by atoms with Crippen LogP contribution >= 0.6 is 12.4 Å². The predicted molar refractivity (Wildman–Crippen MR) is 102 cm³/mol. The zero-order valence-electron chi connectivity index (χ0n) is 14.4. The van der Waals surface area contributed by atoms with E-state index >= 15 is 0 Å². The Morgan fingerprint density at radius 2 is 2.12 bits per heavy atom. The molecule has 7 heteroatoms. The summed E-state index contributed by atoms with van der Waals surface area (Å²) in [6.45, 7) is 0. The third-order valence-electron chi connectivity index (χ3n) is 5.04. The quantitative estimate of drug-likeness (QED) is 0.855. The Kier molecular flexibility index (Phi) is 6.06. The molecule has 1 saturated carbocycles. The van der Waals surface area contributed by atoms with Crippen molar-refractivity contribution >= 4 is 24.0 Å². The van der Waals surface area contributed by atoms with Crippen LogP contribution in [0.4, 0.5) is 5.69 Å². The van der Waals surface area contributed by atoms with Crippen LogP contribution in [-0.2, 0) is 4.79 Å². The molecule has 3 atom stereocenters. The highest BCUT2D eigenvalue weighted by molar-refractivity contribution is 5.95. The molecule has 4 rings (SSSR count). The SMILES string of the molecule is Cl.O=C(Nc1cccc(Oc2cnccn2)c1)C1CC2CCCCC2N1. The van der Waals surface area contributed by atoms with Crippen LogP contribution in [0.25, 0.3) is 0 Å². The van der Waals surface area contributed by atoms with E-state index in [0.29, 0.717) is 23.6 Å². The monoisotopic (exact) mass is 374 g/mol. The molecular weight excluding hydrogens is 352 g/mol. The normalized spacial score (nSPS) is 24.2. The molecular formula is C19H23ClN4O2. The Morgan fingerprint density at radius 3 is 2.92 bits per heavy atom. The van der Waals surface area contributed by atoms with Crippen molar-refractivity contribution < 1.29 is 9.53 Å². The van der Waals surface area contributed by atoms with E-state index in [2.05, 4.69) is 20.6 Å². The number of amides is 1. The van der Waals surface area contributed by atoms with Gasteiger partial charge >= 0.3 is 0 Å². The Labute approximate surface area is 159 Å². The Bertz CT molecular complexity index is 729. The highest BCUT2D eigenvalue weighted by Gasteiger charge is 2.38. The molecule has 0 spiro atoms. The van der Waals surface area contributed by atoms with Crippen LogP contribution in [-0.4, -0.2) is 28.0 Å². The third kappa shape index (κ3) is 4.31. The molecule has 1 aromatic heterocycles. The van der Waals surface area contributed by atoms with Gasteiger partial charge in [0.05, 0.1) is 12.2 Å². The van der Waals surface area contributed by atoms with Crippen LogP contribution in [0.15, 0.2) is 42.9 Å². The lowest BCUT2D eigenvalue weighted by atomic mass is 9.85. The summed E-state index contributed by atoms with van der Waals surface area (Å²) in [6, 6.07) is 7.75. The second-order valence-corrected chi connectivity index (χ2v) is 6.77. The van der Waals surface area contributed by atoms with E-state index < -0.39 is 0 Å². The number of hydrogen-bond donors (Lipinski definition) is 2. The van der Waals surface area contributed by atoms with Crippen molar-refractivity contribution in [2.75, 3.05) is 5.32 Å². The first-order valence-corrected chi connectivity index (χ1v) is 8.89. The summed E-state index contributed by atoms with van der Waals surface area (Å²) in [7, 11) is 0. The number of ether oxygens (including phenoxy) is 1. The molecule has 1 aliphatic heterocycles. The first-order chi connectivity index (χ1) is 12.3. The number of nitrogens with zero attached hydrogens (tertiary/aromatic N) is 2. The van der Waals surface area contributed by atoms with Gasteiger partial charge in [0, 0.05) is 30.2 Å². The number of nitrogens with one attached hydrogen (secondary N) is 2. The van der Waals surface area contributed by atoms with Crippen LogP contribution in [0.5, 0.6) is 11.6 Å². The number of benzene rings is 1. The van der Waals surface area contributed by atoms with Gasteiger partial charge in [-0.25, -0.2) is 4.98 Å². The number of aromatic nitrogens is 2. The molecule has 0 radical (unpaired) electrons. The van der Waals surface area contributed by atoms with Gasteiger partial charge in [-0.2, -0.15) is 0 Å². The molecule has 2 fully saturated rings. The minimum Gasteiger partial charge on any atom is -0.437 e. The molecule has 1 saturated heterocycles. The molecule has 1 aromatic carbocycles. The van der Waals surface area contributed by atoms with E-state index in [0.717, 1.165) is 12.1 Å². The number of anilines is 1. The number of rotatable bonds is 4. The smallest absolute Gasteiger partial charge is 0.241 e. The number of carbonyl (C=O) groups excluding carboxylic acids is 1. The van der Waals surface area contributed by atoms with Crippen molar-refractivity contribution in [3.63, 3.8) is 0 Å². The summed E-state index contributed by atoms with van der Waals surface area (Å²) in [5.41, 5.74) is 0.725. The molecule has 0 bridgehead atoms. The zero-order valence-corrected chi connectivity index (χ0v) is 15.2. The Morgan fingerprint density at radius 1 is 1.23 bits per heavy atom. The average molecular weight is 375 g/mol. The van der Waals surface area contributed by atoms with Gasteiger partial charge < -0.3 is 15.4 Å². The molecule has 2 aromatic rings. The fourth-order valence-corrected chi connectivity index (χ4v) is 3.85. The fraction of sp³-hybridized carbons (Fsp3) is 0.421. The predicted octanol–water partition coefficient (Wildman–Crippen LogP) is 3.55. The minimum atomic E-state index is -0.0994. The maximum Gasteiger partial charge on any atom is 0.241 e. The second kappa shape index (κ2) is 8.47. The van der Waals surface area contributed by atoms with Crippen molar-refractivity contribution in [1.82, 2.24) is 15.3 Å². The molecule has 1 amide bonds. The maximum atomic E-state index is 12.6. The van der Waals surface area contributed by atoms with E-state index in [1.807, 2.05) is 18.2 Å². The van der Waals surface area contributed by atoms with Crippen molar-refractivity contribution in [3.05, 3.63) is 42.9 Å². The van der Waals surface area contributed by atoms with Gasteiger partial charge in [-0.3, -0.25) is 9.78 Å². The molecule has 2 N–H and O–H groups in total. The van der Waals surface area contributed by atoms with Gasteiger partial charge in [-0.15, -0.1) is 12.4 Å². The molecule has 6 nitrogen and oxygen atoms in total. The van der Waals surface area contributed by atoms with E-state index in [9.17, 15) is 4.79 Å². The molecule has 3 unspecified atom stereocenters. The van der Waals surface area contributed by atoms with Gasteiger partial charge in [-0.05, 0) is 37.3 Å². The fourth-order valence-electron chi connectivity index (χ4n) is 3.85. The van der Waals surface area contributed by atoms with Crippen LogP contribution in [0, 0.1) is 5.92 Å². The van der Waals surface area contributed by atoms with Gasteiger partial charge in [0.2, 0.25) is 11.8 Å². The van der Waals surface area contributed by atoms with Crippen LogP contribution in [0.3, 0.4) is 0 Å². The summed E-state index contributed by atoms with van der Waals surface area (Å²) >= 11 is 0. The first kappa shape index (κ1) is 18.6. The lowest BCUT2D eigenvalue weighted by Gasteiger charge is -2.24. The number of carbonyl (C=O) groups is 1. The van der Waals surface area contributed by atoms with Crippen molar-refractivity contribution in [1.29, 1.82) is 0 Å². The van der Waals surface area contributed by atoms with E-state index in [1.165, 1.54) is 25.7 Å². The van der Waals surface area contributed by atoms with Gasteiger partial charge in [0.15, 0.2) is 0 Å². The second-order valence-electron chi connectivity index (χ2n) is 6.77. The largest absolute Gasteiger partial charge is 0.437 e. The van der Waals surface area contributed by atoms with Crippen molar-refractivity contribution in [2.24, 2.45) is 5.92 Å². The third-order valence-corrected chi connectivity index (χ3v) is 5.04. The summed E-state index contributed by atoms with van der Waals surface area (Å²) in [4.78, 5) is 20.7. The summed E-state index contributed by atoms with van der Waals surface area (Å²) in [5.74, 6) is 1.72. The zero-order chi connectivity index (χ0) is 17.1. The lowest BCUT2D eigenvalue weighted by Crippen LogP contribution is -2.39. The average Bonchev–Trinajstić information content (AvgIpc) is 3.07. The van der Waals surface area contributed by atoms with E-state index in [-0.39, 0.29) is 24.4 Å². The number of fused-ring (bicyclic) bond motifs is 1. The highest BCUT2D eigenvalue weighted by Crippen LogP contribution is 2.33. The van der Waals surface area contributed by atoms with Gasteiger partial charge in [-0.1, -0.05) is 18.9 Å². The van der Waals surface area contributed by atoms with Crippen molar-refractivity contribution in [3.8, 4) is 11.6 Å². The maximum absolute atomic E-state index is 12.6. The molecule has 2 aliphatic rings. The summed E-state index contributed by atoms with van der Waals surface area (Å²) < 4.78 is 5.66. The topological polar surface area (TPSA) is 76.1 Å². The molecule has 1 aliphatic carbocycles. The standard InChI is InChI=1S/C19H22N4O2.ClH/c24-19(17-10-13-4-1-2-7-16(13)23-17)22-14-5-3-6-15(11-14)25-18-12-20-8-9-21-18;/h3,5-6,8-9,11-13,16-17,23H,1-2,4,7,10H2,(H,22,24);1H. The molecule has 2 heterocycles. The number of halogens is 1. The molecule has 26 heavy (non-hydrogen) atoms.